The number of rotatable bonds is 10. The topological polar surface area (TPSA) is 89.9 Å². The van der Waals surface area contributed by atoms with Crippen LogP contribution < -0.4 is 0 Å². The van der Waals surface area contributed by atoms with E-state index in [0.29, 0.717) is 0 Å². The highest BCUT2D eigenvalue weighted by atomic mass is 31.2. The zero-order valence-electron chi connectivity index (χ0n) is 13.5. The van der Waals surface area contributed by atoms with Crippen molar-refractivity contribution in [2.45, 2.75) is 13.2 Å². The van der Waals surface area contributed by atoms with Crippen molar-refractivity contribution in [3.8, 4) is 0 Å². The highest BCUT2D eigenvalue weighted by Crippen LogP contribution is 2.50. The number of carbonyl (C=O) groups excluding carboxylic acids is 1. The van der Waals surface area contributed by atoms with Gasteiger partial charge in [0, 0.05) is 0 Å². The van der Waals surface area contributed by atoms with Crippen LogP contribution in [-0.2, 0) is 36.2 Å². The molecule has 0 saturated carbocycles. The van der Waals surface area contributed by atoms with Crippen molar-refractivity contribution in [2.24, 2.45) is 0 Å². The molecular formula is C17H19O6P2+. The van der Waals surface area contributed by atoms with E-state index in [2.05, 4.69) is 0 Å². The minimum Gasteiger partial charge on any atom is -0.303 e. The number of hydrogen-bond donors (Lipinski definition) is 1. The third kappa shape index (κ3) is 7.39. The molecule has 0 fully saturated rings. The van der Waals surface area contributed by atoms with E-state index in [9.17, 15) is 13.9 Å². The summed E-state index contributed by atoms with van der Waals surface area (Å²) in [5.41, 5.74) is 1.57. The summed E-state index contributed by atoms with van der Waals surface area (Å²) in [6.45, 7) is 0.0386. The molecule has 0 bridgehead atoms. The Balaban J connectivity index is 2.04. The zero-order valence-corrected chi connectivity index (χ0v) is 15.3. The van der Waals surface area contributed by atoms with Crippen LogP contribution in [0.15, 0.2) is 60.7 Å². The average Bonchev–Trinajstić information content (AvgIpc) is 2.59. The van der Waals surface area contributed by atoms with Crippen molar-refractivity contribution in [2.75, 3.05) is 12.3 Å². The molecular weight excluding hydrogens is 362 g/mol. The maximum atomic E-state index is 12.9. The van der Waals surface area contributed by atoms with Gasteiger partial charge in [-0.05, 0) is 15.7 Å². The van der Waals surface area contributed by atoms with E-state index >= 15 is 0 Å². The fourth-order valence-electron chi connectivity index (χ4n) is 2.04. The Bertz CT molecular complexity index is 701. The van der Waals surface area contributed by atoms with Crippen molar-refractivity contribution in [3.63, 3.8) is 0 Å². The fraction of sp³-hybridized carbons (Fsp3) is 0.235. The van der Waals surface area contributed by atoms with Gasteiger partial charge in [0.05, 0.1) is 13.2 Å². The number of carbonyl (C=O) groups is 1. The molecule has 8 heteroatoms. The highest BCUT2D eigenvalue weighted by molar-refractivity contribution is 7.55. The molecule has 0 heterocycles. The quantitative estimate of drug-likeness (QED) is 0.628. The first-order valence-corrected chi connectivity index (χ1v) is 10.7. The van der Waals surface area contributed by atoms with E-state index in [-0.39, 0.29) is 13.2 Å². The molecule has 0 aliphatic carbocycles. The fourth-order valence-corrected chi connectivity index (χ4v) is 4.12. The second kappa shape index (κ2) is 9.71. The van der Waals surface area contributed by atoms with Crippen molar-refractivity contribution in [1.82, 2.24) is 0 Å². The van der Waals surface area contributed by atoms with Crippen LogP contribution in [0, 0.1) is 0 Å². The molecule has 0 aromatic heterocycles. The molecule has 0 amide bonds. The standard InChI is InChI=1S/C17H18O6P2/c18-17(13-24(19)20)14-25(21,22-11-15-7-3-1-4-8-15)23-12-16-9-5-2-6-10-16/h1-10H,11-14H2/p+1. The third-order valence-electron chi connectivity index (χ3n) is 3.22. The lowest BCUT2D eigenvalue weighted by atomic mass is 10.2. The van der Waals surface area contributed by atoms with Gasteiger partial charge in [0.15, 0.2) is 5.78 Å². The summed E-state index contributed by atoms with van der Waals surface area (Å²) in [4.78, 5) is 20.7. The van der Waals surface area contributed by atoms with Gasteiger partial charge in [-0.25, -0.2) is 0 Å². The van der Waals surface area contributed by atoms with E-state index < -0.39 is 33.7 Å². The second-order valence-corrected chi connectivity index (χ2v) is 8.41. The SMILES string of the molecule is O=C(C[P+](=O)O)CP(=O)(OCc1ccccc1)OCc1ccccc1. The molecule has 1 unspecified atom stereocenters. The molecule has 0 radical (unpaired) electrons. The summed E-state index contributed by atoms with van der Waals surface area (Å²) in [6, 6.07) is 18.1. The largest absolute Gasteiger partial charge is 0.513 e. The Labute approximate surface area is 147 Å². The molecule has 2 aromatic rings. The molecule has 0 spiro atoms. The van der Waals surface area contributed by atoms with E-state index in [4.69, 9.17) is 13.9 Å². The smallest absolute Gasteiger partial charge is 0.303 e. The van der Waals surface area contributed by atoms with Crippen LogP contribution in [0.4, 0.5) is 0 Å². The van der Waals surface area contributed by atoms with Crippen LogP contribution in [0.1, 0.15) is 11.1 Å². The van der Waals surface area contributed by atoms with Gasteiger partial charge in [0.1, 0.15) is 6.16 Å². The van der Waals surface area contributed by atoms with Gasteiger partial charge in [0.2, 0.25) is 6.16 Å². The van der Waals surface area contributed by atoms with Gasteiger partial charge < -0.3 is 9.05 Å². The number of ketones is 1. The van der Waals surface area contributed by atoms with E-state index in [1.165, 1.54) is 0 Å². The molecule has 2 rings (SSSR count). The molecule has 0 saturated heterocycles. The van der Waals surface area contributed by atoms with Crippen LogP contribution in [0.3, 0.4) is 0 Å². The van der Waals surface area contributed by atoms with Gasteiger partial charge >= 0.3 is 15.6 Å². The Morgan fingerprint density at radius 1 is 0.920 bits per heavy atom. The Morgan fingerprint density at radius 2 is 1.36 bits per heavy atom. The van der Waals surface area contributed by atoms with Gasteiger partial charge in [-0.1, -0.05) is 60.7 Å². The van der Waals surface area contributed by atoms with Gasteiger partial charge in [-0.3, -0.25) is 9.36 Å². The number of benzene rings is 2. The zero-order chi connectivity index (χ0) is 18.1. The molecule has 25 heavy (non-hydrogen) atoms. The maximum absolute atomic E-state index is 12.9. The van der Waals surface area contributed by atoms with Gasteiger partial charge in [-0.15, -0.1) is 0 Å². The first-order valence-electron chi connectivity index (χ1n) is 7.58. The predicted octanol–water partition coefficient (Wildman–Crippen LogP) is 3.92. The third-order valence-corrected chi connectivity index (χ3v) is 5.63. The van der Waals surface area contributed by atoms with E-state index in [0.717, 1.165) is 11.1 Å². The van der Waals surface area contributed by atoms with Crippen molar-refractivity contribution < 1.29 is 27.9 Å². The molecule has 2 aromatic carbocycles. The van der Waals surface area contributed by atoms with Crippen LogP contribution in [0.5, 0.6) is 0 Å². The van der Waals surface area contributed by atoms with Crippen LogP contribution in [0.25, 0.3) is 0 Å². The van der Waals surface area contributed by atoms with Gasteiger partial charge in [0.25, 0.3) is 0 Å². The molecule has 1 N–H and O–H groups in total. The van der Waals surface area contributed by atoms with Crippen LogP contribution >= 0.6 is 15.6 Å². The van der Waals surface area contributed by atoms with Crippen LogP contribution in [-0.4, -0.2) is 23.0 Å². The molecule has 0 aliphatic heterocycles. The van der Waals surface area contributed by atoms with Crippen molar-refractivity contribution in [3.05, 3.63) is 71.8 Å². The lowest BCUT2D eigenvalue weighted by Crippen LogP contribution is -2.12. The lowest BCUT2D eigenvalue weighted by Gasteiger charge is -2.17. The lowest BCUT2D eigenvalue weighted by molar-refractivity contribution is -0.114. The first kappa shape index (κ1) is 19.6. The highest BCUT2D eigenvalue weighted by Gasteiger charge is 2.32. The minimum atomic E-state index is -3.75. The summed E-state index contributed by atoms with van der Waals surface area (Å²) in [6.07, 6.45) is -1.10. The Hall–Kier alpha value is -1.68. The predicted molar refractivity (Wildman–Crippen MR) is 94.6 cm³/mol. The first-order chi connectivity index (χ1) is 12.0. The van der Waals surface area contributed by atoms with Gasteiger partial charge in [-0.2, -0.15) is 4.89 Å². The monoisotopic (exact) mass is 381 g/mol. The Kier molecular flexibility index (Phi) is 7.63. The number of hydrogen-bond acceptors (Lipinski definition) is 5. The van der Waals surface area contributed by atoms with Crippen molar-refractivity contribution >= 4 is 21.4 Å². The molecule has 0 aliphatic rings. The summed E-state index contributed by atoms with van der Waals surface area (Å²) in [5, 5.41) is 0. The summed E-state index contributed by atoms with van der Waals surface area (Å²) in [5.74, 6) is -0.631. The Morgan fingerprint density at radius 3 is 1.76 bits per heavy atom. The minimum absolute atomic E-state index is 0.0193. The summed E-state index contributed by atoms with van der Waals surface area (Å²) in [7, 11) is -6.38. The molecule has 6 nitrogen and oxygen atoms in total. The molecule has 132 valence electrons. The summed E-state index contributed by atoms with van der Waals surface area (Å²) >= 11 is 0. The normalized spacial score (nSPS) is 12.0. The summed E-state index contributed by atoms with van der Waals surface area (Å²) < 4.78 is 34.6. The maximum Gasteiger partial charge on any atom is 0.513 e. The van der Waals surface area contributed by atoms with E-state index in [1.807, 2.05) is 36.4 Å². The van der Waals surface area contributed by atoms with Crippen molar-refractivity contribution in [1.29, 1.82) is 0 Å². The second-order valence-electron chi connectivity index (χ2n) is 5.34. The average molecular weight is 381 g/mol. The number of Topliss-reactive ketones (excluding diaryl/α,β-unsaturated/α-hetero) is 1. The van der Waals surface area contributed by atoms with E-state index in [1.54, 1.807) is 24.3 Å². The van der Waals surface area contributed by atoms with Crippen LogP contribution in [0.2, 0.25) is 0 Å². The molecule has 1 atom stereocenters.